The molecule has 1 aliphatic carbocycles. The van der Waals surface area contributed by atoms with Crippen LogP contribution < -0.4 is 10.1 Å². The smallest absolute Gasteiger partial charge is 0.324 e. The highest BCUT2D eigenvalue weighted by Gasteiger charge is 2.32. The van der Waals surface area contributed by atoms with Gasteiger partial charge < -0.3 is 9.64 Å². The maximum Gasteiger partial charge on any atom is 0.324 e. The Balaban J connectivity index is 1.47. The van der Waals surface area contributed by atoms with E-state index in [9.17, 15) is 4.79 Å². The van der Waals surface area contributed by atoms with E-state index in [-0.39, 0.29) is 12.1 Å². The third kappa shape index (κ3) is 3.08. The third-order valence-electron chi connectivity index (χ3n) is 4.57. The topological polar surface area (TPSA) is 67.3 Å². The Bertz CT molecular complexity index is 744. The number of hydrogen-bond acceptors (Lipinski definition) is 5. The summed E-state index contributed by atoms with van der Waals surface area (Å²) < 4.78 is 5.30. The normalized spacial score (nSPS) is 20.2. The lowest BCUT2D eigenvalue weighted by Gasteiger charge is -2.25. The van der Waals surface area contributed by atoms with Gasteiger partial charge in [-0.15, -0.1) is 10.2 Å². The summed E-state index contributed by atoms with van der Waals surface area (Å²) in [6.07, 6.45) is 4.34. The number of rotatable bonds is 4. The zero-order chi connectivity index (χ0) is 16.5. The summed E-state index contributed by atoms with van der Waals surface area (Å²) in [5.41, 5.74) is 1.11. The first kappa shape index (κ1) is 15.4. The first-order valence-electron chi connectivity index (χ1n) is 8.29. The van der Waals surface area contributed by atoms with Crippen LogP contribution in [0, 0.1) is 0 Å². The molecule has 24 heavy (non-hydrogen) atoms. The van der Waals surface area contributed by atoms with E-state index in [2.05, 4.69) is 21.6 Å². The highest BCUT2D eigenvalue weighted by Crippen LogP contribution is 2.42. The molecule has 0 bridgehead atoms. The molecule has 1 saturated heterocycles. The van der Waals surface area contributed by atoms with Gasteiger partial charge in [-0.2, -0.15) is 0 Å². The van der Waals surface area contributed by atoms with Gasteiger partial charge in [-0.1, -0.05) is 23.5 Å². The first-order chi connectivity index (χ1) is 11.7. The monoisotopic (exact) mass is 344 g/mol. The molecule has 2 fully saturated rings. The average molecular weight is 344 g/mol. The van der Waals surface area contributed by atoms with Crippen LogP contribution in [0.2, 0.25) is 0 Å². The summed E-state index contributed by atoms with van der Waals surface area (Å²) in [6.45, 7) is 0.752. The van der Waals surface area contributed by atoms with E-state index in [1.54, 1.807) is 7.11 Å². The molecule has 126 valence electrons. The van der Waals surface area contributed by atoms with Crippen LogP contribution >= 0.6 is 11.3 Å². The van der Waals surface area contributed by atoms with Gasteiger partial charge in [0.2, 0.25) is 5.13 Å². The van der Waals surface area contributed by atoms with Gasteiger partial charge in [0.15, 0.2) is 0 Å². The zero-order valence-corrected chi connectivity index (χ0v) is 14.4. The SMILES string of the molecule is COc1cccc([C@@H]2CCCN2C(=O)Nc2nnc(C3CC3)s2)c1. The van der Waals surface area contributed by atoms with Crippen molar-refractivity contribution in [3.8, 4) is 5.75 Å². The molecule has 1 aliphatic heterocycles. The van der Waals surface area contributed by atoms with Crippen molar-refractivity contribution in [2.24, 2.45) is 0 Å². The van der Waals surface area contributed by atoms with Crippen LogP contribution in [0.3, 0.4) is 0 Å². The molecule has 1 aromatic heterocycles. The van der Waals surface area contributed by atoms with Gasteiger partial charge in [-0.05, 0) is 43.4 Å². The Hall–Kier alpha value is -2.15. The van der Waals surface area contributed by atoms with Gasteiger partial charge in [-0.3, -0.25) is 5.32 Å². The van der Waals surface area contributed by atoms with Gasteiger partial charge in [0.05, 0.1) is 13.2 Å². The van der Waals surface area contributed by atoms with Crippen molar-refractivity contribution in [2.75, 3.05) is 19.0 Å². The first-order valence-corrected chi connectivity index (χ1v) is 9.11. The van der Waals surface area contributed by atoms with E-state index < -0.39 is 0 Å². The number of carbonyl (C=O) groups is 1. The van der Waals surface area contributed by atoms with Crippen molar-refractivity contribution in [3.05, 3.63) is 34.8 Å². The highest BCUT2D eigenvalue weighted by molar-refractivity contribution is 7.15. The van der Waals surface area contributed by atoms with Crippen molar-refractivity contribution < 1.29 is 9.53 Å². The minimum absolute atomic E-state index is 0.0796. The lowest BCUT2D eigenvalue weighted by molar-refractivity contribution is 0.207. The molecule has 2 amide bonds. The van der Waals surface area contributed by atoms with Crippen LogP contribution in [-0.2, 0) is 0 Å². The van der Waals surface area contributed by atoms with Crippen LogP contribution in [0.1, 0.15) is 48.2 Å². The molecule has 2 aromatic rings. The highest BCUT2D eigenvalue weighted by atomic mass is 32.1. The van der Waals surface area contributed by atoms with Crippen LogP contribution in [0.15, 0.2) is 24.3 Å². The van der Waals surface area contributed by atoms with E-state index in [1.165, 1.54) is 24.2 Å². The van der Waals surface area contributed by atoms with Crippen molar-refractivity contribution in [3.63, 3.8) is 0 Å². The Morgan fingerprint density at radius 1 is 1.33 bits per heavy atom. The number of likely N-dealkylation sites (tertiary alicyclic amines) is 1. The molecule has 0 unspecified atom stereocenters. The second-order valence-corrected chi connectivity index (χ2v) is 7.29. The zero-order valence-electron chi connectivity index (χ0n) is 13.6. The van der Waals surface area contributed by atoms with Crippen LogP contribution in [0.25, 0.3) is 0 Å². The molecular weight excluding hydrogens is 324 g/mol. The quantitative estimate of drug-likeness (QED) is 0.916. The van der Waals surface area contributed by atoms with E-state index in [0.29, 0.717) is 11.0 Å². The Kier molecular flexibility index (Phi) is 4.10. The van der Waals surface area contributed by atoms with Gasteiger partial charge >= 0.3 is 6.03 Å². The molecule has 2 aliphatic rings. The Morgan fingerprint density at radius 3 is 3.00 bits per heavy atom. The predicted molar refractivity (Wildman–Crippen MR) is 92.6 cm³/mol. The van der Waals surface area contributed by atoms with Crippen molar-refractivity contribution in [1.82, 2.24) is 15.1 Å². The minimum Gasteiger partial charge on any atom is -0.497 e. The number of nitrogens with zero attached hydrogens (tertiary/aromatic N) is 3. The molecule has 7 heteroatoms. The number of urea groups is 1. The van der Waals surface area contributed by atoms with Gasteiger partial charge in [0.25, 0.3) is 0 Å². The number of hydrogen-bond donors (Lipinski definition) is 1. The van der Waals surface area contributed by atoms with E-state index in [1.807, 2.05) is 23.1 Å². The summed E-state index contributed by atoms with van der Waals surface area (Å²) in [5.74, 6) is 1.38. The number of amides is 2. The van der Waals surface area contributed by atoms with Crippen LogP contribution in [0.5, 0.6) is 5.75 Å². The fourth-order valence-electron chi connectivity index (χ4n) is 3.15. The van der Waals surface area contributed by atoms with Crippen molar-refractivity contribution in [2.45, 2.75) is 37.6 Å². The fraction of sp³-hybridized carbons (Fsp3) is 0.471. The van der Waals surface area contributed by atoms with E-state index in [0.717, 1.165) is 35.7 Å². The maximum absolute atomic E-state index is 12.7. The lowest BCUT2D eigenvalue weighted by Crippen LogP contribution is -2.34. The van der Waals surface area contributed by atoms with Gasteiger partial charge in [-0.25, -0.2) is 4.79 Å². The molecule has 1 saturated carbocycles. The second kappa shape index (κ2) is 6.39. The fourth-order valence-corrected chi connectivity index (χ4v) is 4.05. The average Bonchev–Trinajstić information content (AvgIpc) is 3.15. The number of benzene rings is 1. The number of methoxy groups -OCH3 is 1. The molecule has 4 rings (SSSR count). The number of nitrogens with one attached hydrogen (secondary N) is 1. The summed E-state index contributed by atoms with van der Waals surface area (Å²) in [6, 6.07) is 7.93. The predicted octanol–water partition coefficient (Wildman–Crippen LogP) is 3.79. The van der Waals surface area contributed by atoms with Crippen molar-refractivity contribution in [1.29, 1.82) is 0 Å². The van der Waals surface area contributed by atoms with Gasteiger partial charge in [0.1, 0.15) is 10.8 Å². The minimum atomic E-state index is -0.0983. The number of aromatic nitrogens is 2. The van der Waals surface area contributed by atoms with Crippen LogP contribution in [0.4, 0.5) is 9.93 Å². The summed E-state index contributed by atoms with van der Waals surface area (Å²) in [4.78, 5) is 14.6. The number of anilines is 1. The Labute approximate surface area is 144 Å². The standard InChI is InChI=1S/C17H20N4O2S/c1-23-13-5-2-4-12(10-13)14-6-3-9-21(14)17(22)18-16-20-19-15(24-16)11-7-8-11/h2,4-5,10-11,14H,3,6-9H2,1H3,(H,18,20,22)/t14-/m0/s1. The summed E-state index contributed by atoms with van der Waals surface area (Å²) in [5, 5.41) is 12.8. The van der Waals surface area contributed by atoms with E-state index in [4.69, 9.17) is 4.74 Å². The molecule has 6 nitrogen and oxygen atoms in total. The largest absolute Gasteiger partial charge is 0.497 e. The van der Waals surface area contributed by atoms with Crippen LogP contribution in [-0.4, -0.2) is 34.8 Å². The van der Waals surface area contributed by atoms with E-state index >= 15 is 0 Å². The summed E-state index contributed by atoms with van der Waals surface area (Å²) in [7, 11) is 1.66. The molecule has 2 heterocycles. The third-order valence-corrected chi connectivity index (χ3v) is 5.57. The molecule has 1 aromatic carbocycles. The Morgan fingerprint density at radius 2 is 2.21 bits per heavy atom. The number of carbonyl (C=O) groups excluding carboxylic acids is 1. The molecule has 1 N–H and O–H groups in total. The molecular formula is C17H20N4O2S. The molecule has 1 atom stereocenters. The number of ether oxygens (including phenoxy) is 1. The molecule has 0 radical (unpaired) electrons. The summed E-state index contributed by atoms with van der Waals surface area (Å²) >= 11 is 1.49. The molecule has 0 spiro atoms. The lowest BCUT2D eigenvalue weighted by atomic mass is 10.0. The second-order valence-electron chi connectivity index (χ2n) is 6.28. The maximum atomic E-state index is 12.7. The van der Waals surface area contributed by atoms with Crippen molar-refractivity contribution >= 4 is 22.5 Å². The van der Waals surface area contributed by atoms with Gasteiger partial charge in [0, 0.05) is 12.5 Å².